The van der Waals surface area contributed by atoms with Gasteiger partial charge in [0, 0.05) is 24.4 Å². The third-order valence-electron chi connectivity index (χ3n) is 4.58. The maximum Gasteiger partial charge on any atom is 0.254 e. The Bertz CT molecular complexity index is 995. The van der Waals surface area contributed by atoms with Crippen molar-refractivity contribution in [1.29, 1.82) is 0 Å². The van der Waals surface area contributed by atoms with Crippen LogP contribution in [0.3, 0.4) is 0 Å². The predicted octanol–water partition coefficient (Wildman–Crippen LogP) is 1.45. The minimum absolute atomic E-state index is 0.0344. The molecule has 0 bridgehead atoms. The van der Waals surface area contributed by atoms with E-state index in [2.05, 4.69) is 35.6 Å². The van der Waals surface area contributed by atoms with Crippen molar-refractivity contribution in [2.45, 2.75) is 19.3 Å². The quantitative estimate of drug-likeness (QED) is 0.287. The van der Waals surface area contributed by atoms with Crippen molar-refractivity contribution in [1.82, 2.24) is 30.3 Å². The van der Waals surface area contributed by atoms with Crippen LogP contribution in [-0.2, 0) is 0 Å². The fraction of sp³-hybridized carbons (Fsp3) is 0.412. The van der Waals surface area contributed by atoms with Crippen molar-refractivity contribution in [2.24, 2.45) is 0 Å². The lowest BCUT2D eigenvalue weighted by molar-refractivity contribution is 0.265. The summed E-state index contributed by atoms with van der Waals surface area (Å²) in [5.74, 6) is 0.799. The van der Waals surface area contributed by atoms with Gasteiger partial charge in [-0.15, -0.1) is 0 Å². The number of hydrogen-bond acceptors (Lipinski definition) is 9. The Morgan fingerprint density at radius 2 is 2.07 bits per heavy atom. The summed E-state index contributed by atoms with van der Waals surface area (Å²) in [5, 5.41) is 22.8. The molecule has 0 spiro atoms. The second-order valence-electron chi connectivity index (χ2n) is 6.63. The number of hydrogen-bond donors (Lipinski definition) is 5. The zero-order chi connectivity index (χ0) is 19.3. The molecule has 11 nitrogen and oxygen atoms in total. The van der Waals surface area contributed by atoms with E-state index in [0.717, 1.165) is 19.0 Å². The number of anilines is 3. The molecular weight excluding hydrogens is 364 g/mol. The van der Waals surface area contributed by atoms with Crippen LogP contribution < -0.4 is 21.1 Å². The molecule has 0 atom stereocenters. The largest absolute Gasteiger partial charge is 0.491 e. The molecule has 0 amide bonds. The molecule has 5 N–H and O–H groups in total. The molecule has 1 fully saturated rings. The summed E-state index contributed by atoms with van der Waals surface area (Å²) >= 11 is 0. The highest BCUT2D eigenvalue weighted by molar-refractivity contribution is 5.85. The molecule has 1 aliphatic rings. The Labute approximate surface area is 160 Å². The number of rotatable bonds is 8. The maximum absolute atomic E-state index is 11.6. The van der Waals surface area contributed by atoms with Crippen molar-refractivity contribution in [3.63, 3.8) is 0 Å². The lowest BCUT2D eigenvalue weighted by atomic mass is 10.2. The van der Waals surface area contributed by atoms with Gasteiger partial charge in [0.1, 0.15) is 5.52 Å². The van der Waals surface area contributed by atoms with Crippen molar-refractivity contribution in [2.75, 3.05) is 37.0 Å². The molecule has 11 heteroatoms. The smallest absolute Gasteiger partial charge is 0.254 e. The molecule has 0 aliphatic carbocycles. The average Bonchev–Trinajstić information content (AvgIpc) is 3.36. The van der Waals surface area contributed by atoms with Crippen LogP contribution in [0.5, 0.6) is 5.75 Å². The number of benzene rings is 1. The SMILES string of the molecule is O=c1cc(NO)nc(Nc2cc(OCCCN3CCCC3)c3n[nH]nc3c2)[nH]1. The van der Waals surface area contributed by atoms with Crippen LogP contribution in [0.2, 0.25) is 0 Å². The normalized spacial score (nSPS) is 14.5. The van der Waals surface area contributed by atoms with Crippen LogP contribution in [0, 0.1) is 0 Å². The summed E-state index contributed by atoms with van der Waals surface area (Å²) in [5.41, 5.74) is 3.33. The van der Waals surface area contributed by atoms with Crippen molar-refractivity contribution in [3.8, 4) is 5.75 Å². The average molecular weight is 386 g/mol. The van der Waals surface area contributed by atoms with Gasteiger partial charge >= 0.3 is 0 Å². The molecule has 4 rings (SSSR count). The molecule has 1 saturated heterocycles. The van der Waals surface area contributed by atoms with E-state index in [4.69, 9.17) is 9.94 Å². The zero-order valence-electron chi connectivity index (χ0n) is 15.2. The number of aromatic amines is 2. The fourth-order valence-electron chi connectivity index (χ4n) is 3.29. The molecule has 0 radical (unpaired) electrons. The molecule has 2 aromatic heterocycles. The van der Waals surface area contributed by atoms with Crippen LogP contribution in [0.15, 0.2) is 23.0 Å². The number of nitrogens with one attached hydrogen (secondary N) is 4. The van der Waals surface area contributed by atoms with Crippen molar-refractivity contribution in [3.05, 3.63) is 28.6 Å². The number of likely N-dealkylation sites (tertiary alicyclic amines) is 1. The lowest BCUT2D eigenvalue weighted by Crippen LogP contribution is -2.21. The summed E-state index contributed by atoms with van der Waals surface area (Å²) in [6.07, 6.45) is 3.48. The lowest BCUT2D eigenvalue weighted by Gasteiger charge is -2.15. The second-order valence-corrected chi connectivity index (χ2v) is 6.63. The van der Waals surface area contributed by atoms with E-state index in [1.807, 2.05) is 5.48 Å². The van der Waals surface area contributed by atoms with E-state index in [1.165, 1.54) is 25.9 Å². The van der Waals surface area contributed by atoms with Crippen molar-refractivity contribution < 1.29 is 9.94 Å². The highest BCUT2D eigenvalue weighted by atomic mass is 16.5. The first kappa shape index (κ1) is 18.2. The monoisotopic (exact) mass is 386 g/mol. The molecule has 1 aliphatic heterocycles. The van der Waals surface area contributed by atoms with Crippen LogP contribution in [0.25, 0.3) is 11.0 Å². The van der Waals surface area contributed by atoms with Crippen LogP contribution >= 0.6 is 0 Å². The highest BCUT2D eigenvalue weighted by Crippen LogP contribution is 2.28. The predicted molar refractivity (Wildman–Crippen MR) is 103 cm³/mol. The van der Waals surface area contributed by atoms with Gasteiger partial charge in [-0.2, -0.15) is 20.4 Å². The Morgan fingerprint density at radius 3 is 2.89 bits per heavy atom. The van der Waals surface area contributed by atoms with Gasteiger partial charge in [-0.1, -0.05) is 0 Å². The van der Waals surface area contributed by atoms with Gasteiger partial charge in [-0.05, 0) is 38.4 Å². The number of ether oxygens (including phenoxy) is 1. The minimum Gasteiger partial charge on any atom is -0.491 e. The first-order valence-corrected chi connectivity index (χ1v) is 9.19. The third-order valence-corrected chi connectivity index (χ3v) is 4.58. The molecular formula is C17H22N8O3. The van der Waals surface area contributed by atoms with E-state index >= 15 is 0 Å². The first-order valence-electron chi connectivity index (χ1n) is 9.19. The van der Waals surface area contributed by atoms with Crippen LogP contribution in [0.1, 0.15) is 19.3 Å². The zero-order valence-corrected chi connectivity index (χ0v) is 15.2. The standard InChI is InChI=1S/C17H22N8O3/c26-15-10-14(23-27)19-17(20-15)18-11-8-12-16(22-24-21-12)13(9-11)28-7-3-6-25-4-1-2-5-25/h8-10,27H,1-7H2,(H,21,22,24)(H3,18,19,20,23,26). The van der Waals surface area contributed by atoms with Gasteiger partial charge in [-0.25, -0.2) is 0 Å². The Morgan fingerprint density at radius 1 is 1.21 bits per heavy atom. The summed E-state index contributed by atoms with van der Waals surface area (Å²) in [4.78, 5) is 20.7. The Hall–Kier alpha value is -3.18. The first-order chi connectivity index (χ1) is 13.7. The molecule has 28 heavy (non-hydrogen) atoms. The number of H-pyrrole nitrogens is 2. The second kappa shape index (κ2) is 8.23. The molecule has 3 heterocycles. The van der Waals surface area contributed by atoms with Crippen LogP contribution in [0.4, 0.5) is 17.5 Å². The molecule has 3 aromatic rings. The van der Waals surface area contributed by atoms with Gasteiger partial charge in [0.25, 0.3) is 5.56 Å². The third kappa shape index (κ3) is 4.21. The van der Waals surface area contributed by atoms with Gasteiger partial charge < -0.3 is 15.0 Å². The van der Waals surface area contributed by atoms with Gasteiger partial charge in [0.05, 0.1) is 6.61 Å². The topological polar surface area (TPSA) is 144 Å². The Balaban J connectivity index is 1.48. The fourth-order valence-corrected chi connectivity index (χ4v) is 3.29. The summed E-state index contributed by atoms with van der Waals surface area (Å²) in [6, 6.07) is 4.68. The van der Waals surface area contributed by atoms with Crippen LogP contribution in [-0.4, -0.2) is 61.7 Å². The Kier molecular flexibility index (Phi) is 5.35. The highest BCUT2D eigenvalue weighted by Gasteiger charge is 2.13. The summed E-state index contributed by atoms with van der Waals surface area (Å²) < 4.78 is 5.95. The van der Waals surface area contributed by atoms with E-state index in [1.54, 1.807) is 12.1 Å². The number of aromatic nitrogens is 5. The minimum atomic E-state index is -0.407. The molecule has 1 aromatic carbocycles. The molecule has 0 unspecified atom stereocenters. The number of nitrogens with zero attached hydrogens (tertiary/aromatic N) is 4. The molecule has 0 saturated carbocycles. The number of fused-ring (bicyclic) bond motifs is 1. The maximum atomic E-state index is 11.6. The van der Waals surface area contributed by atoms with E-state index in [0.29, 0.717) is 29.1 Å². The van der Waals surface area contributed by atoms with E-state index in [9.17, 15) is 4.79 Å². The van der Waals surface area contributed by atoms with Gasteiger partial charge in [-0.3, -0.25) is 20.5 Å². The van der Waals surface area contributed by atoms with Gasteiger partial charge in [0.15, 0.2) is 17.1 Å². The van der Waals surface area contributed by atoms with E-state index < -0.39 is 5.56 Å². The van der Waals surface area contributed by atoms with E-state index in [-0.39, 0.29) is 11.8 Å². The summed E-state index contributed by atoms with van der Waals surface area (Å²) in [6.45, 7) is 3.92. The van der Waals surface area contributed by atoms with Gasteiger partial charge in [0.2, 0.25) is 5.95 Å². The molecule has 148 valence electrons. The summed E-state index contributed by atoms with van der Waals surface area (Å²) in [7, 11) is 0. The van der Waals surface area contributed by atoms with Crippen molar-refractivity contribution >= 4 is 28.5 Å².